The van der Waals surface area contributed by atoms with Crippen LogP contribution in [0, 0.1) is 6.92 Å². The predicted octanol–water partition coefficient (Wildman–Crippen LogP) is 3.72. The van der Waals surface area contributed by atoms with Crippen molar-refractivity contribution in [1.82, 2.24) is 0 Å². The maximum Gasteiger partial charge on any atom is 0.249 e. The molecule has 1 amide bonds. The van der Waals surface area contributed by atoms with E-state index in [0.29, 0.717) is 42.8 Å². The molecule has 0 atom stereocenters. The lowest BCUT2D eigenvalue weighted by Gasteiger charge is -2.33. The van der Waals surface area contributed by atoms with Crippen molar-refractivity contribution in [2.24, 2.45) is 0 Å². The Balaban J connectivity index is 1.94. The monoisotopic (exact) mass is 402 g/mol. The van der Waals surface area contributed by atoms with Gasteiger partial charge in [0, 0.05) is 12.7 Å². The minimum absolute atomic E-state index is 0.313. The molecule has 150 valence electrons. The van der Waals surface area contributed by atoms with E-state index < -0.39 is 20.7 Å². The van der Waals surface area contributed by atoms with Gasteiger partial charge < -0.3 is 10.1 Å². The van der Waals surface area contributed by atoms with Crippen LogP contribution in [-0.4, -0.2) is 33.2 Å². The summed E-state index contributed by atoms with van der Waals surface area (Å²) in [5.74, 6) is 0.212. The van der Waals surface area contributed by atoms with Crippen LogP contribution < -0.4 is 14.4 Å². The first-order valence-corrected chi connectivity index (χ1v) is 10.8. The van der Waals surface area contributed by atoms with E-state index in [4.69, 9.17) is 4.74 Å². The van der Waals surface area contributed by atoms with Crippen molar-refractivity contribution in [3.8, 4) is 5.75 Å². The van der Waals surface area contributed by atoms with E-state index in [1.54, 1.807) is 43.5 Å². The maximum atomic E-state index is 13.5. The van der Waals surface area contributed by atoms with Gasteiger partial charge in [0.25, 0.3) is 0 Å². The van der Waals surface area contributed by atoms with Gasteiger partial charge in [-0.15, -0.1) is 0 Å². The highest BCUT2D eigenvalue weighted by Gasteiger charge is 2.54. The van der Waals surface area contributed by atoms with E-state index in [2.05, 4.69) is 5.32 Å². The van der Waals surface area contributed by atoms with Gasteiger partial charge in [-0.1, -0.05) is 31.0 Å². The fourth-order valence-electron chi connectivity index (χ4n) is 3.73. The van der Waals surface area contributed by atoms with Crippen molar-refractivity contribution in [1.29, 1.82) is 0 Å². The molecule has 7 heteroatoms. The third-order valence-electron chi connectivity index (χ3n) is 5.48. The highest BCUT2D eigenvalue weighted by atomic mass is 32.2. The molecule has 28 heavy (non-hydrogen) atoms. The lowest BCUT2D eigenvalue weighted by atomic mass is 10.1. The first kappa shape index (κ1) is 20.2. The number of aryl methyl sites for hydroxylation is 1. The van der Waals surface area contributed by atoms with Gasteiger partial charge in [-0.25, -0.2) is 8.42 Å². The highest BCUT2D eigenvalue weighted by Crippen LogP contribution is 2.41. The molecule has 0 spiro atoms. The molecule has 0 aromatic heterocycles. The molecule has 3 rings (SSSR count). The molecule has 0 heterocycles. The van der Waals surface area contributed by atoms with Gasteiger partial charge in [-0.2, -0.15) is 0 Å². The molecular weight excluding hydrogens is 376 g/mol. The number of nitrogens with one attached hydrogen (secondary N) is 1. The van der Waals surface area contributed by atoms with Crippen LogP contribution in [0.15, 0.2) is 48.5 Å². The van der Waals surface area contributed by atoms with Crippen molar-refractivity contribution < 1.29 is 17.9 Å². The zero-order chi connectivity index (χ0) is 20.4. The summed E-state index contributed by atoms with van der Waals surface area (Å²) in [6.45, 7) is 1.85. The molecule has 1 aliphatic rings. The Morgan fingerprint density at radius 1 is 1.11 bits per heavy atom. The molecule has 1 aliphatic carbocycles. The lowest BCUT2D eigenvalue weighted by molar-refractivity contribution is -0.118. The molecule has 0 saturated heterocycles. The summed E-state index contributed by atoms with van der Waals surface area (Å²) in [6.07, 6.45) is 2.04. The van der Waals surface area contributed by atoms with Crippen LogP contribution in [0.4, 0.5) is 11.4 Å². The number of hydrogen-bond donors (Lipinski definition) is 1. The number of amides is 1. The minimum atomic E-state index is -3.90. The summed E-state index contributed by atoms with van der Waals surface area (Å²) in [5, 5.41) is 2.86. The van der Waals surface area contributed by atoms with Crippen LogP contribution in [0.25, 0.3) is 0 Å². The smallest absolute Gasteiger partial charge is 0.249 e. The van der Waals surface area contributed by atoms with E-state index in [0.717, 1.165) is 5.56 Å². The molecule has 2 aromatic rings. The molecule has 0 unspecified atom stereocenters. The standard InChI is InChI=1S/C21H26N2O4S/c1-16-15-18(27-3)11-12-19(16)22-20(24)21(13-7-8-14-21)28(25,26)23(2)17-9-5-4-6-10-17/h4-6,9-12,15H,7-8,13-14H2,1-3H3,(H,22,24). The molecule has 1 fully saturated rings. The predicted molar refractivity (Wildman–Crippen MR) is 111 cm³/mol. The van der Waals surface area contributed by atoms with E-state index >= 15 is 0 Å². The molecule has 6 nitrogen and oxygen atoms in total. The zero-order valence-corrected chi connectivity index (χ0v) is 17.3. The molecular formula is C21H26N2O4S. The average molecular weight is 403 g/mol. The Kier molecular flexibility index (Phi) is 5.65. The number of nitrogens with zero attached hydrogens (tertiary/aromatic N) is 1. The average Bonchev–Trinajstić information content (AvgIpc) is 3.21. The summed E-state index contributed by atoms with van der Waals surface area (Å²) in [6, 6.07) is 14.1. The van der Waals surface area contributed by atoms with Crippen molar-refractivity contribution in [3.63, 3.8) is 0 Å². The second-order valence-electron chi connectivity index (χ2n) is 7.14. The topological polar surface area (TPSA) is 75.7 Å². The summed E-state index contributed by atoms with van der Waals surface area (Å²) >= 11 is 0. The number of methoxy groups -OCH3 is 1. The van der Waals surface area contributed by atoms with Crippen molar-refractivity contribution in [2.75, 3.05) is 23.8 Å². The minimum Gasteiger partial charge on any atom is -0.497 e. The van der Waals surface area contributed by atoms with Crippen molar-refractivity contribution in [2.45, 2.75) is 37.4 Å². The number of hydrogen-bond acceptors (Lipinski definition) is 4. The van der Waals surface area contributed by atoms with Crippen LogP contribution in [0.5, 0.6) is 5.75 Å². The van der Waals surface area contributed by atoms with Crippen molar-refractivity contribution >= 4 is 27.3 Å². The molecule has 2 aromatic carbocycles. The number of carbonyl (C=O) groups excluding carboxylic acids is 1. The summed E-state index contributed by atoms with van der Waals surface area (Å²) in [5.41, 5.74) is 1.95. The summed E-state index contributed by atoms with van der Waals surface area (Å²) < 4.78 is 32.0. The Bertz CT molecular complexity index is 952. The van der Waals surface area contributed by atoms with Gasteiger partial charge >= 0.3 is 0 Å². The molecule has 0 radical (unpaired) electrons. The fourth-order valence-corrected chi connectivity index (χ4v) is 5.74. The third-order valence-corrected chi connectivity index (χ3v) is 7.99. The second-order valence-corrected chi connectivity index (χ2v) is 9.42. The normalized spacial score (nSPS) is 15.8. The molecule has 1 saturated carbocycles. The SMILES string of the molecule is COc1ccc(NC(=O)C2(S(=O)(=O)N(C)c3ccccc3)CCCC2)c(C)c1. The quantitative estimate of drug-likeness (QED) is 0.799. The third kappa shape index (κ3) is 3.46. The molecule has 0 aliphatic heterocycles. The van der Waals surface area contributed by atoms with Crippen molar-refractivity contribution in [3.05, 3.63) is 54.1 Å². The van der Waals surface area contributed by atoms with Crippen LogP contribution in [0.3, 0.4) is 0 Å². The Morgan fingerprint density at radius 3 is 2.32 bits per heavy atom. The van der Waals surface area contributed by atoms with Gasteiger partial charge in [-0.3, -0.25) is 9.10 Å². The first-order chi connectivity index (χ1) is 13.3. The second kappa shape index (κ2) is 7.83. The molecule has 0 bridgehead atoms. The van der Waals surface area contributed by atoms with Gasteiger partial charge in [0.05, 0.1) is 12.8 Å². The van der Waals surface area contributed by atoms with Gasteiger partial charge in [0.1, 0.15) is 5.75 Å². The largest absolute Gasteiger partial charge is 0.497 e. The van der Waals surface area contributed by atoms with Crippen LogP contribution in [0.2, 0.25) is 0 Å². The fraction of sp³-hybridized carbons (Fsp3) is 0.381. The zero-order valence-electron chi connectivity index (χ0n) is 16.4. The van der Waals surface area contributed by atoms with Crippen LogP contribution >= 0.6 is 0 Å². The Morgan fingerprint density at radius 2 is 1.75 bits per heavy atom. The van der Waals surface area contributed by atoms with Crippen LogP contribution in [0.1, 0.15) is 31.2 Å². The number of rotatable bonds is 6. The maximum absolute atomic E-state index is 13.5. The first-order valence-electron chi connectivity index (χ1n) is 9.31. The van der Waals surface area contributed by atoms with Gasteiger partial charge in [-0.05, 0) is 55.7 Å². The number of carbonyl (C=O) groups is 1. The molecule has 1 N–H and O–H groups in total. The van der Waals surface area contributed by atoms with E-state index in [1.165, 1.54) is 11.4 Å². The number of para-hydroxylation sites is 1. The van der Waals surface area contributed by atoms with E-state index in [-0.39, 0.29) is 0 Å². The van der Waals surface area contributed by atoms with Gasteiger partial charge in [0.2, 0.25) is 15.9 Å². The number of sulfonamides is 1. The Labute approximate surface area is 166 Å². The lowest BCUT2D eigenvalue weighted by Crippen LogP contribution is -2.53. The van der Waals surface area contributed by atoms with E-state index in [9.17, 15) is 13.2 Å². The number of ether oxygens (including phenoxy) is 1. The summed E-state index contributed by atoms with van der Waals surface area (Å²) in [7, 11) is -0.815. The van der Waals surface area contributed by atoms with E-state index in [1.807, 2.05) is 19.1 Å². The highest BCUT2D eigenvalue weighted by molar-refractivity contribution is 7.95. The summed E-state index contributed by atoms with van der Waals surface area (Å²) in [4.78, 5) is 13.3. The van der Waals surface area contributed by atoms with Crippen LogP contribution in [-0.2, 0) is 14.8 Å². The number of anilines is 2. The number of benzene rings is 2. The Hall–Kier alpha value is -2.54. The van der Waals surface area contributed by atoms with Gasteiger partial charge in [0.15, 0.2) is 4.75 Å².